The lowest BCUT2D eigenvalue weighted by atomic mass is 9.95. The van der Waals surface area contributed by atoms with E-state index in [2.05, 4.69) is 39.9 Å². The molecule has 7 heteroatoms. The van der Waals surface area contributed by atoms with Gasteiger partial charge in [0.1, 0.15) is 6.07 Å². The van der Waals surface area contributed by atoms with Gasteiger partial charge in [0.05, 0.1) is 17.0 Å². The molecular formula is C24H24N6O. The summed E-state index contributed by atoms with van der Waals surface area (Å²) < 4.78 is 1.89. The van der Waals surface area contributed by atoms with E-state index in [9.17, 15) is 10.1 Å². The van der Waals surface area contributed by atoms with Crippen LogP contribution < -0.4 is 5.32 Å². The highest BCUT2D eigenvalue weighted by Gasteiger charge is 2.24. The molecule has 1 aliphatic heterocycles. The highest BCUT2D eigenvalue weighted by molar-refractivity contribution is 6.03. The van der Waals surface area contributed by atoms with E-state index in [0.717, 1.165) is 47.6 Å². The number of likely N-dealkylation sites (N-methyl/N-ethyl adjacent to an activating group) is 1. The number of amides is 1. The summed E-state index contributed by atoms with van der Waals surface area (Å²) in [5.74, 6) is 0.155. The van der Waals surface area contributed by atoms with Gasteiger partial charge >= 0.3 is 0 Å². The van der Waals surface area contributed by atoms with E-state index in [4.69, 9.17) is 0 Å². The number of rotatable bonds is 4. The van der Waals surface area contributed by atoms with Crippen LogP contribution in [0.4, 0.5) is 5.69 Å². The number of hydrogen-bond acceptors (Lipinski definition) is 5. The van der Waals surface area contributed by atoms with Gasteiger partial charge in [0.15, 0.2) is 5.82 Å². The number of carbonyl (C=O) groups excluding carboxylic acids is 1. The van der Waals surface area contributed by atoms with Crippen molar-refractivity contribution in [2.75, 3.05) is 18.9 Å². The van der Waals surface area contributed by atoms with Crippen molar-refractivity contribution in [3.63, 3.8) is 0 Å². The summed E-state index contributed by atoms with van der Waals surface area (Å²) in [5, 5.41) is 12.7. The highest BCUT2D eigenvalue weighted by Crippen LogP contribution is 2.32. The van der Waals surface area contributed by atoms with Crippen LogP contribution in [0.1, 0.15) is 38.8 Å². The van der Waals surface area contributed by atoms with Gasteiger partial charge in [-0.05, 0) is 43.3 Å². The Bertz CT molecular complexity index is 1230. The van der Waals surface area contributed by atoms with E-state index in [1.54, 1.807) is 12.3 Å². The Hall–Kier alpha value is -3.76. The molecule has 0 radical (unpaired) electrons. The van der Waals surface area contributed by atoms with Crippen LogP contribution >= 0.6 is 0 Å². The number of hydrogen-bond donors (Lipinski definition) is 1. The minimum absolute atomic E-state index is 0.248. The SMILES string of the molecule is C=Cc1nccc(-c2cccc(NC(=O)c3nc4c(n3C)CCN(C)C4)c2C)c1C#N. The Morgan fingerprint density at radius 1 is 1.29 bits per heavy atom. The molecule has 0 spiro atoms. The lowest BCUT2D eigenvalue weighted by Gasteiger charge is -2.21. The van der Waals surface area contributed by atoms with E-state index < -0.39 is 0 Å². The van der Waals surface area contributed by atoms with Crippen LogP contribution in [0.2, 0.25) is 0 Å². The molecule has 0 bridgehead atoms. The third kappa shape index (κ3) is 3.62. The number of fused-ring (bicyclic) bond motifs is 1. The van der Waals surface area contributed by atoms with Gasteiger partial charge in [-0.15, -0.1) is 0 Å². The largest absolute Gasteiger partial charge is 0.327 e. The van der Waals surface area contributed by atoms with Crippen LogP contribution in [0, 0.1) is 18.3 Å². The average molecular weight is 412 g/mol. The van der Waals surface area contributed by atoms with Crippen molar-refractivity contribution in [2.45, 2.75) is 19.9 Å². The number of carbonyl (C=O) groups is 1. The molecule has 0 saturated heterocycles. The van der Waals surface area contributed by atoms with Gasteiger partial charge in [-0.2, -0.15) is 5.26 Å². The molecular weight excluding hydrogens is 388 g/mol. The van der Waals surface area contributed by atoms with Crippen LogP contribution in [0.3, 0.4) is 0 Å². The Morgan fingerprint density at radius 2 is 2.10 bits per heavy atom. The van der Waals surface area contributed by atoms with Crippen LogP contribution in [-0.4, -0.2) is 38.9 Å². The zero-order valence-corrected chi connectivity index (χ0v) is 17.9. The van der Waals surface area contributed by atoms with Crippen LogP contribution in [0.15, 0.2) is 37.0 Å². The van der Waals surface area contributed by atoms with Crippen LogP contribution in [-0.2, 0) is 20.0 Å². The molecule has 1 aromatic carbocycles. The molecule has 31 heavy (non-hydrogen) atoms. The van der Waals surface area contributed by atoms with E-state index in [0.29, 0.717) is 22.8 Å². The number of nitrogens with one attached hydrogen (secondary N) is 1. The van der Waals surface area contributed by atoms with Gasteiger partial charge in [0.2, 0.25) is 0 Å². The standard InChI is InChI=1S/C24H24N6O/c1-5-19-18(13-25)17(9-11-26-19)16-7-6-8-20(15(16)2)28-24(31)23-27-21-14-29(3)12-10-22(21)30(23)4/h5-9,11H,1,10,12,14H2,2-4H3,(H,28,31). The normalized spacial score (nSPS) is 13.4. The van der Waals surface area contributed by atoms with Gasteiger partial charge in [-0.1, -0.05) is 18.7 Å². The fourth-order valence-corrected chi connectivity index (χ4v) is 4.08. The second-order valence-corrected chi connectivity index (χ2v) is 7.74. The average Bonchev–Trinajstić information content (AvgIpc) is 3.10. The molecule has 156 valence electrons. The summed E-state index contributed by atoms with van der Waals surface area (Å²) in [6.07, 6.45) is 4.11. The van der Waals surface area contributed by atoms with Crippen LogP contribution in [0.5, 0.6) is 0 Å². The van der Waals surface area contributed by atoms with Gasteiger partial charge in [0.25, 0.3) is 5.91 Å². The maximum atomic E-state index is 13.1. The zero-order chi connectivity index (χ0) is 22.1. The number of nitriles is 1. The fourth-order valence-electron chi connectivity index (χ4n) is 4.08. The van der Waals surface area contributed by atoms with E-state index in [1.165, 1.54) is 0 Å². The first-order valence-electron chi connectivity index (χ1n) is 10.1. The second-order valence-electron chi connectivity index (χ2n) is 7.74. The fraction of sp³-hybridized carbons (Fsp3) is 0.250. The molecule has 1 amide bonds. The Morgan fingerprint density at radius 3 is 2.84 bits per heavy atom. The topological polar surface area (TPSA) is 86.8 Å². The number of imidazole rings is 1. The molecule has 0 saturated carbocycles. The first-order chi connectivity index (χ1) is 14.9. The third-order valence-electron chi connectivity index (χ3n) is 5.81. The lowest BCUT2D eigenvalue weighted by molar-refractivity contribution is 0.101. The molecule has 0 fully saturated rings. The first kappa shape index (κ1) is 20.5. The van der Waals surface area contributed by atoms with E-state index in [1.807, 2.05) is 42.8 Å². The van der Waals surface area contributed by atoms with Crippen molar-refractivity contribution in [1.29, 1.82) is 5.26 Å². The zero-order valence-electron chi connectivity index (χ0n) is 17.9. The molecule has 3 heterocycles. The van der Waals surface area contributed by atoms with Crippen molar-refractivity contribution in [3.8, 4) is 17.2 Å². The summed E-state index contributed by atoms with van der Waals surface area (Å²) in [6, 6.07) is 9.69. The monoisotopic (exact) mass is 412 g/mol. The number of pyridine rings is 1. The first-order valence-corrected chi connectivity index (χ1v) is 10.1. The number of nitrogens with zero attached hydrogens (tertiary/aromatic N) is 5. The number of anilines is 1. The maximum absolute atomic E-state index is 13.1. The minimum Gasteiger partial charge on any atom is -0.327 e. The smallest absolute Gasteiger partial charge is 0.291 e. The van der Waals surface area contributed by atoms with Crippen LogP contribution in [0.25, 0.3) is 17.2 Å². The van der Waals surface area contributed by atoms with Crippen molar-refractivity contribution in [1.82, 2.24) is 19.4 Å². The maximum Gasteiger partial charge on any atom is 0.291 e. The van der Waals surface area contributed by atoms with Gasteiger partial charge < -0.3 is 14.8 Å². The van der Waals surface area contributed by atoms with Crippen molar-refractivity contribution < 1.29 is 4.79 Å². The minimum atomic E-state index is -0.248. The molecule has 2 aromatic heterocycles. The van der Waals surface area contributed by atoms with Crippen molar-refractivity contribution >= 4 is 17.7 Å². The molecule has 0 unspecified atom stereocenters. The van der Waals surface area contributed by atoms with E-state index in [-0.39, 0.29) is 5.91 Å². The van der Waals surface area contributed by atoms with E-state index >= 15 is 0 Å². The second kappa shape index (κ2) is 8.17. The third-order valence-corrected chi connectivity index (χ3v) is 5.81. The Kier molecular flexibility index (Phi) is 5.40. The molecule has 1 N–H and O–H groups in total. The molecule has 3 aromatic rings. The molecule has 4 rings (SSSR count). The van der Waals surface area contributed by atoms with Gasteiger partial charge in [-0.25, -0.2) is 4.98 Å². The summed E-state index contributed by atoms with van der Waals surface area (Å²) in [5.41, 5.74) is 6.24. The summed E-state index contributed by atoms with van der Waals surface area (Å²) >= 11 is 0. The highest BCUT2D eigenvalue weighted by atomic mass is 16.2. The molecule has 0 aliphatic carbocycles. The predicted molar refractivity (Wildman–Crippen MR) is 120 cm³/mol. The molecule has 0 atom stereocenters. The quantitative estimate of drug-likeness (QED) is 0.708. The Labute approximate surface area is 181 Å². The molecule has 1 aliphatic rings. The van der Waals surface area contributed by atoms with Gasteiger partial charge in [0, 0.05) is 49.7 Å². The Balaban J connectivity index is 1.69. The predicted octanol–water partition coefficient (Wildman–Crippen LogP) is 3.55. The number of benzene rings is 1. The number of aromatic nitrogens is 3. The summed E-state index contributed by atoms with van der Waals surface area (Å²) in [7, 11) is 3.95. The van der Waals surface area contributed by atoms with Gasteiger partial charge in [-0.3, -0.25) is 9.78 Å². The summed E-state index contributed by atoms with van der Waals surface area (Å²) in [6.45, 7) is 7.37. The molecule has 7 nitrogen and oxygen atoms in total. The lowest BCUT2D eigenvalue weighted by Crippen LogP contribution is -2.27. The van der Waals surface area contributed by atoms with Crippen molar-refractivity contribution in [3.05, 3.63) is 71.1 Å². The van der Waals surface area contributed by atoms with Crippen molar-refractivity contribution in [2.24, 2.45) is 7.05 Å². The summed E-state index contributed by atoms with van der Waals surface area (Å²) in [4.78, 5) is 24.1.